The van der Waals surface area contributed by atoms with Crippen molar-refractivity contribution in [1.82, 2.24) is 15.0 Å². The van der Waals surface area contributed by atoms with Gasteiger partial charge in [0.2, 0.25) is 5.95 Å². The van der Waals surface area contributed by atoms with Gasteiger partial charge in [-0.3, -0.25) is 15.2 Å². The van der Waals surface area contributed by atoms with Gasteiger partial charge in [0.15, 0.2) is 0 Å². The Labute approximate surface area is 163 Å². The van der Waals surface area contributed by atoms with Gasteiger partial charge in [-0.2, -0.15) is 0 Å². The van der Waals surface area contributed by atoms with Gasteiger partial charge < -0.3 is 11.1 Å². The van der Waals surface area contributed by atoms with E-state index in [1.807, 2.05) is 36.4 Å². The number of nitrogens with one attached hydrogen (secondary N) is 2. The van der Waals surface area contributed by atoms with E-state index in [-0.39, 0.29) is 18.0 Å². The molecule has 0 aliphatic heterocycles. The summed E-state index contributed by atoms with van der Waals surface area (Å²) in [6.07, 6.45) is 8.09. The van der Waals surface area contributed by atoms with Crippen molar-refractivity contribution < 1.29 is 4.79 Å². The summed E-state index contributed by atoms with van der Waals surface area (Å²) in [7, 11) is 0. The highest BCUT2D eigenvalue weighted by Gasteiger charge is 2.06. The van der Waals surface area contributed by atoms with E-state index < -0.39 is 0 Å². The van der Waals surface area contributed by atoms with E-state index in [0.29, 0.717) is 25.3 Å². The Morgan fingerprint density at radius 1 is 1.04 bits per heavy atom. The lowest BCUT2D eigenvalue weighted by atomic mass is 10.0. The average Bonchev–Trinajstić information content (AvgIpc) is 2.72. The van der Waals surface area contributed by atoms with Crippen molar-refractivity contribution >= 4 is 17.6 Å². The Balaban J connectivity index is 1.60. The van der Waals surface area contributed by atoms with Crippen LogP contribution in [0.2, 0.25) is 0 Å². The van der Waals surface area contributed by atoms with Crippen LogP contribution >= 0.6 is 0 Å². The molecule has 4 N–H and O–H groups in total. The summed E-state index contributed by atoms with van der Waals surface area (Å²) in [5, 5.41) is 10.4. The van der Waals surface area contributed by atoms with Crippen molar-refractivity contribution in [1.29, 1.82) is 5.41 Å². The molecule has 0 atom stereocenters. The van der Waals surface area contributed by atoms with Crippen molar-refractivity contribution in [3.8, 4) is 11.1 Å². The molecule has 0 saturated heterocycles. The molecule has 0 bridgehead atoms. The van der Waals surface area contributed by atoms with Crippen molar-refractivity contribution in [3.05, 3.63) is 72.3 Å². The van der Waals surface area contributed by atoms with Crippen LogP contribution in [0, 0.1) is 5.41 Å². The second kappa shape index (κ2) is 9.36. The lowest BCUT2D eigenvalue weighted by Gasteiger charge is -2.07. The molecule has 28 heavy (non-hydrogen) atoms. The van der Waals surface area contributed by atoms with Crippen molar-refractivity contribution in [2.45, 2.75) is 25.8 Å². The number of carbonyl (C=O) groups is 1. The van der Waals surface area contributed by atoms with Crippen LogP contribution in [0.5, 0.6) is 0 Å². The molecule has 2 heterocycles. The Morgan fingerprint density at radius 2 is 1.82 bits per heavy atom. The molecule has 0 radical (unpaired) electrons. The summed E-state index contributed by atoms with van der Waals surface area (Å²) >= 11 is 0. The number of aryl methyl sites for hydroxylation is 1. The maximum atomic E-state index is 11.7. The minimum atomic E-state index is -0.0897. The van der Waals surface area contributed by atoms with Gasteiger partial charge in [0.05, 0.1) is 12.3 Å². The smallest absolute Gasteiger partial charge is 0.222 e. The van der Waals surface area contributed by atoms with Crippen LogP contribution in [0.4, 0.5) is 5.95 Å². The first-order chi connectivity index (χ1) is 13.6. The zero-order valence-corrected chi connectivity index (χ0v) is 15.4. The monoisotopic (exact) mass is 374 g/mol. The molecule has 0 unspecified atom stereocenters. The maximum Gasteiger partial charge on any atom is 0.222 e. The van der Waals surface area contributed by atoms with E-state index in [1.165, 1.54) is 0 Å². The second-order valence-electron chi connectivity index (χ2n) is 6.45. The summed E-state index contributed by atoms with van der Waals surface area (Å²) in [5.74, 6) is 0.442. The normalized spacial score (nSPS) is 10.4. The van der Waals surface area contributed by atoms with Crippen LogP contribution in [0.25, 0.3) is 11.1 Å². The number of nitrogens with zero attached hydrogens (tertiary/aromatic N) is 3. The molecule has 3 aromatic rings. The number of rotatable bonds is 9. The maximum absolute atomic E-state index is 11.7. The summed E-state index contributed by atoms with van der Waals surface area (Å²) in [4.78, 5) is 24.6. The van der Waals surface area contributed by atoms with Gasteiger partial charge in [-0.25, -0.2) is 9.97 Å². The van der Waals surface area contributed by atoms with E-state index in [1.54, 1.807) is 24.8 Å². The molecule has 0 spiro atoms. The van der Waals surface area contributed by atoms with Crippen LogP contribution in [0.15, 0.2) is 61.2 Å². The van der Waals surface area contributed by atoms with Gasteiger partial charge in [-0.1, -0.05) is 30.3 Å². The molecule has 7 nitrogen and oxygen atoms in total. The van der Waals surface area contributed by atoms with Crippen molar-refractivity contribution in [2.24, 2.45) is 5.73 Å². The van der Waals surface area contributed by atoms with Crippen molar-refractivity contribution in [2.75, 3.05) is 5.32 Å². The third-order valence-electron chi connectivity index (χ3n) is 4.17. The van der Waals surface area contributed by atoms with Crippen LogP contribution in [-0.2, 0) is 17.8 Å². The summed E-state index contributed by atoms with van der Waals surface area (Å²) in [5.41, 5.74) is 9.28. The number of hydrogen-bond acceptors (Lipinski definition) is 6. The summed E-state index contributed by atoms with van der Waals surface area (Å²) in [6, 6.07) is 11.8. The van der Waals surface area contributed by atoms with E-state index in [4.69, 9.17) is 11.1 Å². The third-order valence-corrected chi connectivity index (χ3v) is 4.17. The van der Waals surface area contributed by atoms with Crippen LogP contribution in [0.3, 0.4) is 0 Å². The highest BCUT2D eigenvalue weighted by molar-refractivity contribution is 5.98. The van der Waals surface area contributed by atoms with E-state index in [0.717, 1.165) is 22.3 Å². The number of pyridine rings is 1. The Morgan fingerprint density at radius 3 is 2.54 bits per heavy atom. The van der Waals surface area contributed by atoms with Crippen LogP contribution in [-0.4, -0.2) is 26.6 Å². The first kappa shape index (κ1) is 19.2. The van der Waals surface area contributed by atoms with Crippen LogP contribution < -0.4 is 11.1 Å². The van der Waals surface area contributed by atoms with Crippen LogP contribution in [0.1, 0.15) is 24.0 Å². The molecule has 142 valence electrons. The zero-order valence-electron chi connectivity index (χ0n) is 15.4. The Bertz CT molecular complexity index is 941. The number of ketones is 1. The molecule has 0 aliphatic rings. The van der Waals surface area contributed by atoms with Gasteiger partial charge >= 0.3 is 0 Å². The average molecular weight is 374 g/mol. The minimum absolute atomic E-state index is 0.0149. The number of nitrogens with two attached hydrogens (primary N) is 1. The van der Waals surface area contributed by atoms with Gasteiger partial charge in [0.1, 0.15) is 5.78 Å². The molecule has 0 fully saturated rings. The van der Waals surface area contributed by atoms with E-state index in [2.05, 4.69) is 20.3 Å². The Kier molecular flexibility index (Phi) is 6.41. The van der Waals surface area contributed by atoms with Gasteiger partial charge in [0, 0.05) is 43.3 Å². The highest BCUT2D eigenvalue weighted by atomic mass is 16.1. The largest absolute Gasteiger partial charge is 0.387 e. The van der Waals surface area contributed by atoms with Gasteiger partial charge in [-0.15, -0.1) is 0 Å². The quantitative estimate of drug-likeness (QED) is 0.391. The van der Waals surface area contributed by atoms with Gasteiger partial charge in [-0.05, 0) is 29.2 Å². The van der Waals surface area contributed by atoms with Crippen molar-refractivity contribution in [3.63, 3.8) is 0 Å². The first-order valence-electron chi connectivity index (χ1n) is 8.99. The molecule has 0 amide bonds. The van der Waals surface area contributed by atoms with Gasteiger partial charge in [0.25, 0.3) is 0 Å². The fourth-order valence-electron chi connectivity index (χ4n) is 2.74. The third kappa shape index (κ3) is 5.70. The number of hydrogen-bond donors (Lipinski definition) is 3. The Hall–Kier alpha value is -3.61. The molecule has 0 saturated carbocycles. The predicted octanol–water partition coefficient (Wildman–Crippen LogP) is 2.98. The standard InChI is InChI=1S/C21H22N6O/c22-20(23)10-19(28)7-6-15-3-1-5-17(9-15)18-13-26-21(27-14-18)25-12-16-4-2-8-24-11-16/h1-5,8-9,11,13-14H,6-7,10,12H2,(H3,22,23)(H,25,26,27). The summed E-state index contributed by atoms with van der Waals surface area (Å²) in [6.45, 7) is 0.608. The fourth-order valence-corrected chi connectivity index (χ4v) is 2.74. The lowest BCUT2D eigenvalue weighted by Crippen LogP contribution is -2.15. The lowest BCUT2D eigenvalue weighted by molar-refractivity contribution is -0.117. The number of carbonyl (C=O) groups excluding carboxylic acids is 1. The van der Waals surface area contributed by atoms with E-state index >= 15 is 0 Å². The number of aromatic nitrogens is 3. The predicted molar refractivity (Wildman–Crippen MR) is 109 cm³/mol. The molecule has 0 aliphatic carbocycles. The molecular weight excluding hydrogens is 352 g/mol. The number of anilines is 1. The molecule has 1 aromatic carbocycles. The molecular formula is C21H22N6O. The highest BCUT2D eigenvalue weighted by Crippen LogP contribution is 2.20. The topological polar surface area (TPSA) is 118 Å². The minimum Gasteiger partial charge on any atom is -0.387 e. The number of amidine groups is 1. The first-order valence-corrected chi connectivity index (χ1v) is 8.99. The summed E-state index contributed by atoms with van der Waals surface area (Å²) < 4.78 is 0. The number of Topliss-reactive ketones (excluding diaryl/α,β-unsaturated/α-hetero) is 1. The van der Waals surface area contributed by atoms with E-state index in [9.17, 15) is 4.79 Å². The second-order valence-corrected chi connectivity index (χ2v) is 6.45. The molecule has 7 heteroatoms. The zero-order chi connectivity index (χ0) is 19.8. The number of benzene rings is 1. The SMILES string of the molecule is N=C(N)CC(=O)CCc1cccc(-c2cnc(NCc3cccnc3)nc2)c1. The molecule has 3 rings (SSSR count). The molecule has 2 aromatic heterocycles. The fraction of sp³-hybridized carbons (Fsp3) is 0.190.